The van der Waals surface area contributed by atoms with Gasteiger partial charge in [-0.2, -0.15) is 0 Å². The van der Waals surface area contributed by atoms with Gasteiger partial charge < -0.3 is 10.1 Å². The van der Waals surface area contributed by atoms with Gasteiger partial charge in [-0.15, -0.1) is 0 Å². The van der Waals surface area contributed by atoms with Gasteiger partial charge in [-0.3, -0.25) is 14.9 Å². The van der Waals surface area contributed by atoms with Crippen LogP contribution in [0.15, 0.2) is 30.5 Å². The number of hydrogen-bond donors (Lipinski definition) is 1. The minimum Gasteiger partial charge on any atom is -0.468 e. The maximum absolute atomic E-state index is 11.1. The van der Waals surface area contributed by atoms with Crippen molar-refractivity contribution in [1.29, 1.82) is 0 Å². The number of fused-ring (bicyclic) bond motifs is 1. The number of anilines is 1. The number of carbonyl (C=O) groups excluding carboxylic acids is 1. The molecule has 1 heterocycles. The number of nitro benzene ring substituents is 1. The number of nitrogens with zero attached hydrogens (tertiary/aromatic N) is 2. The Balaban J connectivity index is 2.44. The van der Waals surface area contributed by atoms with Crippen molar-refractivity contribution in [2.45, 2.75) is 0 Å². The minimum absolute atomic E-state index is 0.0156. The molecule has 1 aromatic heterocycles. The van der Waals surface area contributed by atoms with E-state index in [1.165, 1.54) is 19.4 Å². The first-order valence-electron chi connectivity index (χ1n) is 5.46. The van der Waals surface area contributed by atoms with E-state index in [4.69, 9.17) is 0 Å². The summed E-state index contributed by atoms with van der Waals surface area (Å²) in [5.41, 5.74) is 0.806. The Hall–Kier alpha value is -2.70. The highest BCUT2D eigenvalue weighted by molar-refractivity contribution is 5.97. The van der Waals surface area contributed by atoms with Crippen LogP contribution in [0.3, 0.4) is 0 Å². The van der Waals surface area contributed by atoms with Crippen LogP contribution in [-0.4, -0.2) is 29.5 Å². The van der Waals surface area contributed by atoms with E-state index < -0.39 is 10.9 Å². The molecule has 0 bridgehead atoms. The predicted molar refractivity (Wildman–Crippen MR) is 68.9 cm³/mol. The van der Waals surface area contributed by atoms with Gasteiger partial charge in [-0.05, 0) is 18.2 Å². The molecule has 98 valence electrons. The summed E-state index contributed by atoms with van der Waals surface area (Å²) in [6, 6.07) is 6.28. The minimum atomic E-state index is -0.487. The Labute approximate surface area is 108 Å². The number of rotatable bonds is 4. The number of benzene rings is 1. The number of non-ortho nitro benzene ring substituents is 1. The summed E-state index contributed by atoms with van der Waals surface area (Å²) in [6.45, 7) is -0.0156. The molecule has 0 spiro atoms. The van der Waals surface area contributed by atoms with Gasteiger partial charge >= 0.3 is 5.97 Å². The number of esters is 1. The van der Waals surface area contributed by atoms with E-state index in [1.807, 2.05) is 0 Å². The lowest BCUT2D eigenvalue weighted by atomic mass is 10.1. The molecule has 0 atom stereocenters. The van der Waals surface area contributed by atoms with Gasteiger partial charge in [0.05, 0.1) is 12.0 Å². The third-order valence-corrected chi connectivity index (χ3v) is 2.60. The summed E-state index contributed by atoms with van der Waals surface area (Å²) in [7, 11) is 1.29. The molecule has 2 aromatic rings. The van der Waals surface area contributed by atoms with Crippen molar-refractivity contribution < 1.29 is 14.5 Å². The Bertz CT molecular complexity index is 642. The zero-order valence-corrected chi connectivity index (χ0v) is 10.1. The van der Waals surface area contributed by atoms with Crippen LogP contribution in [0.25, 0.3) is 10.9 Å². The van der Waals surface area contributed by atoms with Crippen molar-refractivity contribution in [2.75, 3.05) is 19.0 Å². The van der Waals surface area contributed by atoms with Gasteiger partial charge in [-0.1, -0.05) is 0 Å². The first-order valence-corrected chi connectivity index (χ1v) is 5.46. The Morgan fingerprint density at radius 3 is 2.95 bits per heavy atom. The fourth-order valence-electron chi connectivity index (χ4n) is 1.70. The fourth-order valence-corrected chi connectivity index (χ4v) is 1.70. The van der Waals surface area contributed by atoms with Crippen LogP contribution < -0.4 is 5.32 Å². The highest BCUT2D eigenvalue weighted by Crippen LogP contribution is 2.29. The first kappa shape index (κ1) is 12.7. The lowest BCUT2D eigenvalue weighted by molar-refractivity contribution is -0.383. The van der Waals surface area contributed by atoms with Crippen LogP contribution >= 0.6 is 0 Å². The Morgan fingerprint density at radius 1 is 1.47 bits per heavy atom. The first-order chi connectivity index (χ1) is 9.13. The summed E-state index contributed by atoms with van der Waals surface area (Å²) in [4.78, 5) is 25.5. The van der Waals surface area contributed by atoms with E-state index in [0.717, 1.165) is 0 Å². The second-order valence-corrected chi connectivity index (χ2v) is 3.72. The van der Waals surface area contributed by atoms with Gasteiger partial charge in [-0.25, -0.2) is 4.98 Å². The fraction of sp³-hybridized carbons (Fsp3) is 0.167. The van der Waals surface area contributed by atoms with Crippen molar-refractivity contribution in [3.05, 3.63) is 40.6 Å². The molecule has 7 heteroatoms. The van der Waals surface area contributed by atoms with Crippen LogP contribution in [0.1, 0.15) is 0 Å². The lowest BCUT2D eigenvalue weighted by Crippen LogP contribution is -2.15. The molecule has 0 aliphatic heterocycles. The summed E-state index contributed by atoms with van der Waals surface area (Å²) >= 11 is 0. The molecule has 0 fully saturated rings. The molecule has 19 heavy (non-hydrogen) atoms. The molecule has 1 N–H and O–H groups in total. The van der Waals surface area contributed by atoms with Gasteiger partial charge in [0.2, 0.25) is 0 Å². The molecular weight excluding hydrogens is 250 g/mol. The zero-order chi connectivity index (χ0) is 13.8. The van der Waals surface area contributed by atoms with Gasteiger partial charge in [0.25, 0.3) is 5.69 Å². The third-order valence-electron chi connectivity index (χ3n) is 2.60. The average molecular weight is 261 g/mol. The number of nitrogens with one attached hydrogen (secondary N) is 1. The monoisotopic (exact) mass is 261 g/mol. The summed E-state index contributed by atoms with van der Waals surface area (Å²) in [5, 5.41) is 14.4. The van der Waals surface area contributed by atoms with E-state index in [1.54, 1.807) is 18.2 Å². The van der Waals surface area contributed by atoms with Crippen LogP contribution in [0.5, 0.6) is 0 Å². The predicted octanol–water partition coefficient (Wildman–Crippen LogP) is 1.73. The second kappa shape index (κ2) is 5.30. The molecule has 2 rings (SSSR count). The summed E-state index contributed by atoms with van der Waals surface area (Å²) in [5.74, 6) is -0.421. The van der Waals surface area contributed by atoms with E-state index >= 15 is 0 Å². The smallest absolute Gasteiger partial charge is 0.325 e. The highest BCUT2D eigenvalue weighted by atomic mass is 16.6. The molecule has 0 amide bonds. The van der Waals surface area contributed by atoms with Gasteiger partial charge in [0, 0.05) is 23.3 Å². The van der Waals surface area contributed by atoms with E-state index in [9.17, 15) is 14.9 Å². The third kappa shape index (κ3) is 2.59. The number of nitro groups is 1. The van der Waals surface area contributed by atoms with Crippen LogP contribution in [-0.2, 0) is 9.53 Å². The number of aromatic nitrogens is 1. The maximum Gasteiger partial charge on any atom is 0.325 e. The molecular formula is C12H11N3O4. The Kier molecular flexibility index (Phi) is 3.56. The van der Waals surface area contributed by atoms with Crippen molar-refractivity contribution in [3.8, 4) is 0 Å². The molecule has 0 unspecified atom stereocenters. The molecule has 0 aliphatic rings. The normalized spacial score (nSPS) is 10.2. The van der Waals surface area contributed by atoms with Crippen molar-refractivity contribution in [3.63, 3.8) is 0 Å². The van der Waals surface area contributed by atoms with Gasteiger partial charge in [0.1, 0.15) is 12.1 Å². The number of pyridine rings is 1. The van der Waals surface area contributed by atoms with Crippen LogP contribution in [0.2, 0.25) is 0 Å². The topological polar surface area (TPSA) is 94.4 Å². The molecule has 7 nitrogen and oxygen atoms in total. The van der Waals surface area contributed by atoms with Crippen molar-refractivity contribution in [2.24, 2.45) is 0 Å². The number of methoxy groups -OCH3 is 1. The number of carbonyl (C=O) groups is 1. The summed E-state index contributed by atoms with van der Waals surface area (Å²) < 4.78 is 4.52. The zero-order valence-electron chi connectivity index (χ0n) is 10.1. The van der Waals surface area contributed by atoms with Crippen molar-refractivity contribution >= 4 is 28.2 Å². The number of ether oxygens (including phenoxy) is 1. The SMILES string of the molecule is COC(=O)CNc1ccc([N+](=O)[O-])c2ncccc12. The molecule has 0 radical (unpaired) electrons. The quantitative estimate of drug-likeness (QED) is 0.511. The maximum atomic E-state index is 11.1. The van der Waals surface area contributed by atoms with Crippen molar-refractivity contribution in [1.82, 2.24) is 4.98 Å². The summed E-state index contributed by atoms with van der Waals surface area (Å²) in [6.07, 6.45) is 1.49. The standard InChI is InChI=1S/C12H11N3O4/c1-19-11(16)7-14-9-4-5-10(15(17)18)12-8(9)3-2-6-13-12/h2-6,14H,7H2,1H3. The second-order valence-electron chi connectivity index (χ2n) is 3.72. The van der Waals surface area contributed by atoms with E-state index in [-0.39, 0.29) is 17.7 Å². The van der Waals surface area contributed by atoms with E-state index in [2.05, 4.69) is 15.0 Å². The molecule has 1 aromatic carbocycles. The lowest BCUT2D eigenvalue weighted by Gasteiger charge is -2.08. The van der Waals surface area contributed by atoms with Crippen LogP contribution in [0, 0.1) is 10.1 Å². The molecule has 0 aliphatic carbocycles. The van der Waals surface area contributed by atoms with Crippen LogP contribution in [0.4, 0.5) is 11.4 Å². The molecule has 0 saturated heterocycles. The molecule has 0 saturated carbocycles. The highest BCUT2D eigenvalue weighted by Gasteiger charge is 2.15. The average Bonchev–Trinajstić information content (AvgIpc) is 2.43. The van der Waals surface area contributed by atoms with E-state index in [0.29, 0.717) is 11.1 Å². The number of hydrogen-bond acceptors (Lipinski definition) is 6. The van der Waals surface area contributed by atoms with Gasteiger partial charge in [0.15, 0.2) is 0 Å². The Morgan fingerprint density at radius 2 is 2.26 bits per heavy atom. The largest absolute Gasteiger partial charge is 0.468 e.